The van der Waals surface area contributed by atoms with Crippen LogP contribution in [0.15, 0.2) is 30.3 Å². The fourth-order valence-corrected chi connectivity index (χ4v) is 3.97. The number of para-hydroxylation sites is 1. The van der Waals surface area contributed by atoms with E-state index in [1.165, 1.54) is 75.0 Å². The van der Waals surface area contributed by atoms with E-state index >= 15 is 0 Å². The summed E-state index contributed by atoms with van der Waals surface area (Å²) in [6.45, 7) is 2.26. The molecule has 0 atom stereocenters. The molecule has 0 spiro atoms. The lowest BCUT2D eigenvalue weighted by atomic mass is 10.1. The topological polar surface area (TPSA) is 26.3 Å². The molecular weight excluding hydrogens is 324 g/mol. The fourth-order valence-electron chi connectivity index (χ4n) is 2.34. The number of rotatable bonds is 13. The molecule has 1 aromatic rings. The summed E-state index contributed by atoms with van der Waals surface area (Å²) in [6, 6.07) is 9.23. The summed E-state index contributed by atoms with van der Waals surface area (Å²) < 4.78 is 5.22. The molecule has 0 fully saturated rings. The third kappa shape index (κ3) is 12.5. The molecule has 130 valence electrons. The Labute approximate surface area is 149 Å². The molecule has 0 aliphatic carbocycles. The number of carbonyl (C=O) groups is 1. The largest absolute Gasteiger partial charge is 0.418 e. The molecule has 0 heterocycles. The van der Waals surface area contributed by atoms with Gasteiger partial charge in [-0.1, -0.05) is 93.7 Å². The number of carbonyl (C=O) groups excluding carboxylic acids is 1. The Balaban J connectivity index is 1.83. The van der Waals surface area contributed by atoms with Gasteiger partial charge in [-0.25, -0.2) is 4.79 Å². The molecule has 0 amide bonds. The van der Waals surface area contributed by atoms with Crippen LogP contribution in [0.4, 0.5) is 4.79 Å². The molecule has 0 saturated heterocycles. The van der Waals surface area contributed by atoms with Crippen LogP contribution in [0.2, 0.25) is 0 Å². The highest BCUT2D eigenvalue weighted by molar-refractivity contribution is 8.82. The molecule has 0 saturated carbocycles. The van der Waals surface area contributed by atoms with Crippen LogP contribution in [0, 0.1) is 0 Å². The quantitative estimate of drug-likeness (QED) is 0.208. The van der Waals surface area contributed by atoms with Crippen molar-refractivity contribution in [1.29, 1.82) is 0 Å². The first-order valence-corrected chi connectivity index (χ1v) is 11.2. The molecule has 0 N–H and O–H groups in total. The highest BCUT2D eigenvalue weighted by Gasteiger charge is 2.05. The Hall–Kier alpha value is -0.610. The maximum absolute atomic E-state index is 11.6. The van der Waals surface area contributed by atoms with Crippen LogP contribution in [0.25, 0.3) is 0 Å². The van der Waals surface area contributed by atoms with Gasteiger partial charge in [0.15, 0.2) is 0 Å². The summed E-state index contributed by atoms with van der Waals surface area (Å²) in [6.07, 6.45) is 13.5. The predicted octanol–water partition coefficient (Wildman–Crippen LogP) is 7.49. The summed E-state index contributed by atoms with van der Waals surface area (Å²) in [5.41, 5.74) is 0. The Morgan fingerprint density at radius 2 is 1.43 bits per heavy atom. The van der Waals surface area contributed by atoms with Gasteiger partial charge in [0.2, 0.25) is 0 Å². The Morgan fingerprint density at radius 3 is 2.04 bits per heavy atom. The van der Waals surface area contributed by atoms with E-state index in [1.807, 2.05) is 18.2 Å². The molecule has 2 nitrogen and oxygen atoms in total. The number of ether oxygens (including phenoxy) is 1. The summed E-state index contributed by atoms with van der Waals surface area (Å²) in [4.78, 5) is 11.6. The van der Waals surface area contributed by atoms with E-state index in [-0.39, 0.29) is 5.30 Å². The molecule has 4 heteroatoms. The Kier molecular flexibility index (Phi) is 13.3. The van der Waals surface area contributed by atoms with Crippen LogP contribution < -0.4 is 4.74 Å². The minimum atomic E-state index is -0.228. The zero-order valence-electron chi connectivity index (χ0n) is 14.3. The number of hydrogen-bond acceptors (Lipinski definition) is 4. The van der Waals surface area contributed by atoms with Gasteiger partial charge < -0.3 is 4.74 Å². The van der Waals surface area contributed by atoms with Gasteiger partial charge in [-0.05, 0) is 18.6 Å². The fraction of sp³-hybridized carbons (Fsp3) is 0.632. The van der Waals surface area contributed by atoms with Crippen LogP contribution in [-0.4, -0.2) is 11.1 Å². The van der Waals surface area contributed by atoms with Crippen molar-refractivity contribution in [2.75, 3.05) is 5.75 Å². The van der Waals surface area contributed by atoms with E-state index in [0.29, 0.717) is 5.75 Å². The maximum atomic E-state index is 11.6. The average molecular weight is 355 g/mol. The second-order valence-electron chi connectivity index (χ2n) is 5.75. The third-order valence-corrected chi connectivity index (χ3v) is 5.71. The van der Waals surface area contributed by atoms with E-state index in [4.69, 9.17) is 4.74 Å². The lowest BCUT2D eigenvalue weighted by Gasteiger charge is -2.03. The standard InChI is InChI=1S/C19H30O2S2/c1-2-3-4-5-6-7-8-9-10-14-17-22-23-19(20)21-18-15-12-11-13-16-18/h11-13,15-16H,2-10,14,17H2,1H3. The zero-order chi connectivity index (χ0) is 16.6. The zero-order valence-corrected chi connectivity index (χ0v) is 15.9. The Bertz CT molecular complexity index is 396. The molecule has 0 radical (unpaired) electrons. The SMILES string of the molecule is CCCCCCCCCCCCSSC(=O)Oc1ccccc1. The van der Waals surface area contributed by atoms with E-state index < -0.39 is 0 Å². The molecule has 1 rings (SSSR count). The van der Waals surface area contributed by atoms with Gasteiger partial charge >= 0.3 is 5.30 Å². The highest BCUT2D eigenvalue weighted by Crippen LogP contribution is 2.26. The maximum Gasteiger partial charge on any atom is 0.383 e. The number of unbranched alkanes of at least 4 members (excludes halogenated alkanes) is 9. The van der Waals surface area contributed by atoms with Crippen LogP contribution in [0.5, 0.6) is 5.75 Å². The van der Waals surface area contributed by atoms with Gasteiger partial charge in [-0.15, -0.1) is 0 Å². The second-order valence-corrected chi connectivity index (χ2v) is 8.10. The molecule has 23 heavy (non-hydrogen) atoms. The van der Waals surface area contributed by atoms with Gasteiger partial charge in [0.25, 0.3) is 0 Å². The van der Waals surface area contributed by atoms with Crippen LogP contribution in [-0.2, 0) is 0 Å². The van der Waals surface area contributed by atoms with Gasteiger partial charge in [-0.3, -0.25) is 0 Å². The minimum Gasteiger partial charge on any atom is -0.418 e. The number of benzene rings is 1. The monoisotopic (exact) mass is 354 g/mol. The predicted molar refractivity (Wildman–Crippen MR) is 104 cm³/mol. The summed E-state index contributed by atoms with van der Waals surface area (Å²) in [5, 5.41) is -0.228. The minimum absolute atomic E-state index is 0.228. The smallest absolute Gasteiger partial charge is 0.383 e. The first-order valence-electron chi connectivity index (χ1n) is 8.89. The average Bonchev–Trinajstić information content (AvgIpc) is 2.57. The first kappa shape index (κ1) is 20.4. The van der Waals surface area contributed by atoms with E-state index in [2.05, 4.69) is 6.92 Å². The van der Waals surface area contributed by atoms with Gasteiger partial charge in [0, 0.05) is 16.5 Å². The number of hydrogen-bond donors (Lipinski definition) is 0. The van der Waals surface area contributed by atoms with Crippen molar-refractivity contribution in [2.24, 2.45) is 0 Å². The lowest BCUT2D eigenvalue weighted by Crippen LogP contribution is -1.98. The molecule has 0 unspecified atom stereocenters. The van der Waals surface area contributed by atoms with Crippen LogP contribution >= 0.6 is 21.6 Å². The first-order chi connectivity index (χ1) is 11.3. The van der Waals surface area contributed by atoms with Crippen molar-refractivity contribution >= 4 is 26.9 Å². The van der Waals surface area contributed by atoms with Gasteiger partial charge in [0.1, 0.15) is 5.75 Å². The molecule has 0 aliphatic heterocycles. The summed E-state index contributed by atoms with van der Waals surface area (Å²) >= 11 is 0. The normalized spacial score (nSPS) is 10.7. The van der Waals surface area contributed by atoms with E-state index in [0.717, 1.165) is 5.75 Å². The van der Waals surface area contributed by atoms with E-state index in [1.54, 1.807) is 22.9 Å². The molecule has 0 aliphatic rings. The molecule has 0 bridgehead atoms. The van der Waals surface area contributed by atoms with Gasteiger partial charge in [0.05, 0.1) is 0 Å². The second kappa shape index (κ2) is 14.9. The molecule has 0 aromatic heterocycles. The van der Waals surface area contributed by atoms with E-state index in [9.17, 15) is 4.79 Å². The summed E-state index contributed by atoms with van der Waals surface area (Å²) in [5.74, 6) is 1.63. The van der Waals surface area contributed by atoms with Crippen molar-refractivity contribution in [3.63, 3.8) is 0 Å². The van der Waals surface area contributed by atoms with Crippen molar-refractivity contribution in [3.05, 3.63) is 30.3 Å². The molecular formula is C19H30O2S2. The van der Waals surface area contributed by atoms with Crippen LogP contribution in [0.3, 0.4) is 0 Å². The van der Waals surface area contributed by atoms with Crippen molar-refractivity contribution in [1.82, 2.24) is 0 Å². The van der Waals surface area contributed by atoms with Crippen molar-refractivity contribution in [2.45, 2.75) is 71.1 Å². The van der Waals surface area contributed by atoms with Gasteiger partial charge in [-0.2, -0.15) is 0 Å². The third-order valence-electron chi connectivity index (χ3n) is 3.65. The highest BCUT2D eigenvalue weighted by atomic mass is 33.1. The van der Waals surface area contributed by atoms with Crippen LogP contribution in [0.1, 0.15) is 71.1 Å². The Morgan fingerprint density at radius 1 is 0.870 bits per heavy atom. The summed E-state index contributed by atoms with van der Waals surface area (Å²) in [7, 11) is 2.81. The van der Waals surface area contributed by atoms with Crippen molar-refractivity contribution in [3.8, 4) is 5.75 Å². The lowest BCUT2D eigenvalue weighted by molar-refractivity contribution is 0.227. The molecule has 1 aromatic carbocycles. The van der Waals surface area contributed by atoms with Crippen molar-refractivity contribution < 1.29 is 9.53 Å².